The normalized spacial score (nSPS) is 15.0. The summed E-state index contributed by atoms with van der Waals surface area (Å²) in [6.07, 6.45) is -3.15. The monoisotopic (exact) mass is 385 g/mol. The highest BCUT2D eigenvalue weighted by Gasteiger charge is 2.31. The van der Waals surface area contributed by atoms with Gasteiger partial charge in [0.1, 0.15) is 5.82 Å². The summed E-state index contributed by atoms with van der Waals surface area (Å²) in [5, 5.41) is 2.41. The van der Waals surface area contributed by atoms with Gasteiger partial charge in [0.25, 0.3) is 5.91 Å². The number of ether oxygens (including phenoxy) is 1. The number of pyridine rings is 1. The number of halogens is 4. The van der Waals surface area contributed by atoms with Crippen molar-refractivity contribution in [3.8, 4) is 0 Å². The molecule has 138 valence electrons. The first-order valence-corrected chi connectivity index (χ1v) is 8.19. The zero-order chi connectivity index (χ0) is 18.7. The first-order valence-electron chi connectivity index (χ1n) is 7.81. The minimum Gasteiger partial charge on any atom is -0.378 e. The third-order valence-corrected chi connectivity index (χ3v) is 4.22. The number of aromatic nitrogens is 1. The van der Waals surface area contributed by atoms with Crippen molar-refractivity contribution < 1.29 is 22.7 Å². The van der Waals surface area contributed by atoms with E-state index in [0.717, 1.165) is 18.2 Å². The van der Waals surface area contributed by atoms with Crippen molar-refractivity contribution in [2.75, 3.05) is 36.5 Å². The number of rotatable bonds is 3. The van der Waals surface area contributed by atoms with Gasteiger partial charge in [-0.25, -0.2) is 4.98 Å². The number of nitrogens with zero attached hydrogens (tertiary/aromatic N) is 2. The fourth-order valence-corrected chi connectivity index (χ4v) is 2.66. The minimum atomic E-state index is -4.52. The molecule has 2 heterocycles. The van der Waals surface area contributed by atoms with Gasteiger partial charge in [-0.2, -0.15) is 13.2 Å². The second-order valence-corrected chi connectivity index (χ2v) is 6.06. The number of benzene rings is 1. The Kier molecular flexibility index (Phi) is 5.33. The van der Waals surface area contributed by atoms with E-state index in [-0.39, 0.29) is 16.3 Å². The van der Waals surface area contributed by atoms with E-state index in [1.54, 1.807) is 12.1 Å². The van der Waals surface area contributed by atoms with Crippen LogP contribution in [0.25, 0.3) is 0 Å². The van der Waals surface area contributed by atoms with Crippen molar-refractivity contribution in [1.82, 2.24) is 4.98 Å². The molecule has 0 radical (unpaired) electrons. The number of alkyl halides is 3. The lowest BCUT2D eigenvalue weighted by atomic mass is 10.2. The Hall–Kier alpha value is -2.32. The molecule has 1 saturated heterocycles. The molecular formula is C17H15ClF3N3O2. The molecule has 0 atom stereocenters. The molecule has 9 heteroatoms. The highest BCUT2D eigenvalue weighted by Crippen LogP contribution is 2.34. The van der Waals surface area contributed by atoms with Crippen LogP contribution in [0.15, 0.2) is 36.5 Å². The van der Waals surface area contributed by atoms with E-state index in [1.807, 2.05) is 4.90 Å². The van der Waals surface area contributed by atoms with E-state index < -0.39 is 17.6 Å². The van der Waals surface area contributed by atoms with Gasteiger partial charge >= 0.3 is 6.18 Å². The number of nitrogens with one attached hydrogen (secondary N) is 1. The van der Waals surface area contributed by atoms with Gasteiger partial charge < -0.3 is 15.0 Å². The number of hydrogen-bond donors (Lipinski definition) is 1. The zero-order valence-corrected chi connectivity index (χ0v) is 14.3. The Morgan fingerprint density at radius 3 is 2.54 bits per heavy atom. The molecule has 0 unspecified atom stereocenters. The van der Waals surface area contributed by atoms with Crippen LogP contribution in [0.4, 0.5) is 24.7 Å². The average molecular weight is 386 g/mol. The Morgan fingerprint density at radius 2 is 1.92 bits per heavy atom. The molecule has 0 aliphatic carbocycles. The Balaban J connectivity index is 1.74. The van der Waals surface area contributed by atoms with Crippen LogP contribution in [0.1, 0.15) is 15.9 Å². The summed E-state index contributed by atoms with van der Waals surface area (Å²) in [6.45, 7) is 2.63. The highest BCUT2D eigenvalue weighted by atomic mass is 35.5. The number of carbonyl (C=O) groups excluding carboxylic acids is 1. The third-order valence-electron chi connectivity index (χ3n) is 3.89. The van der Waals surface area contributed by atoms with E-state index >= 15 is 0 Å². The maximum atomic E-state index is 12.8. The molecular weight excluding hydrogens is 371 g/mol. The van der Waals surface area contributed by atoms with Crippen LogP contribution in [0, 0.1) is 0 Å². The maximum absolute atomic E-state index is 12.8. The van der Waals surface area contributed by atoms with Crippen molar-refractivity contribution in [3.05, 3.63) is 52.7 Å². The smallest absolute Gasteiger partial charge is 0.378 e. The van der Waals surface area contributed by atoms with Gasteiger partial charge in [0, 0.05) is 19.3 Å². The molecule has 1 aromatic carbocycles. The van der Waals surface area contributed by atoms with Crippen LogP contribution in [0.3, 0.4) is 0 Å². The van der Waals surface area contributed by atoms with Gasteiger partial charge in [0.05, 0.1) is 35.1 Å². The second kappa shape index (κ2) is 7.51. The molecule has 1 aromatic heterocycles. The lowest BCUT2D eigenvalue weighted by Gasteiger charge is -2.27. The van der Waals surface area contributed by atoms with Gasteiger partial charge in [-0.15, -0.1) is 0 Å². The summed E-state index contributed by atoms with van der Waals surface area (Å²) < 4.78 is 43.7. The fourth-order valence-electron chi connectivity index (χ4n) is 2.49. The Labute approximate surface area is 152 Å². The van der Waals surface area contributed by atoms with Crippen LogP contribution in [-0.4, -0.2) is 37.2 Å². The quantitative estimate of drug-likeness (QED) is 0.872. The lowest BCUT2D eigenvalue weighted by Crippen LogP contribution is -2.36. The number of carbonyl (C=O) groups is 1. The molecule has 0 spiro atoms. The molecule has 3 rings (SSSR count). The molecule has 2 aromatic rings. The van der Waals surface area contributed by atoms with Crippen LogP contribution in [0.5, 0.6) is 0 Å². The third kappa shape index (κ3) is 4.25. The molecule has 5 nitrogen and oxygen atoms in total. The van der Waals surface area contributed by atoms with E-state index in [1.165, 1.54) is 6.20 Å². The van der Waals surface area contributed by atoms with Crippen LogP contribution >= 0.6 is 11.6 Å². The first kappa shape index (κ1) is 18.5. The van der Waals surface area contributed by atoms with E-state index in [0.29, 0.717) is 32.1 Å². The second-order valence-electron chi connectivity index (χ2n) is 5.65. The summed E-state index contributed by atoms with van der Waals surface area (Å²) in [4.78, 5) is 18.6. The predicted molar refractivity (Wildman–Crippen MR) is 91.7 cm³/mol. The minimum absolute atomic E-state index is 0.0178. The van der Waals surface area contributed by atoms with E-state index in [2.05, 4.69) is 10.3 Å². The summed E-state index contributed by atoms with van der Waals surface area (Å²) in [5.41, 5.74) is -0.780. The number of anilines is 2. The summed E-state index contributed by atoms with van der Waals surface area (Å²) in [5.74, 6) is 0.120. The van der Waals surface area contributed by atoms with Crippen molar-refractivity contribution in [1.29, 1.82) is 0 Å². The van der Waals surface area contributed by atoms with Crippen LogP contribution < -0.4 is 10.2 Å². The first-order chi connectivity index (χ1) is 12.3. The van der Waals surface area contributed by atoms with Crippen molar-refractivity contribution in [2.24, 2.45) is 0 Å². The molecule has 1 fully saturated rings. The van der Waals surface area contributed by atoms with Crippen molar-refractivity contribution >= 4 is 29.0 Å². The highest BCUT2D eigenvalue weighted by molar-refractivity contribution is 6.34. The van der Waals surface area contributed by atoms with Crippen LogP contribution in [-0.2, 0) is 10.9 Å². The van der Waals surface area contributed by atoms with Gasteiger partial charge in [0.2, 0.25) is 0 Å². The maximum Gasteiger partial charge on any atom is 0.416 e. The van der Waals surface area contributed by atoms with Crippen molar-refractivity contribution in [3.63, 3.8) is 0 Å². The number of amides is 1. The predicted octanol–water partition coefficient (Wildman–Crippen LogP) is 3.84. The van der Waals surface area contributed by atoms with E-state index in [9.17, 15) is 18.0 Å². The summed E-state index contributed by atoms with van der Waals surface area (Å²) in [7, 11) is 0. The SMILES string of the molecule is O=C(Nc1cc(C(F)(F)F)ccc1Cl)c1ccc(N2CCOCC2)nc1. The number of morpholine rings is 1. The molecule has 26 heavy (non-hydrogen) atoms. The average Bonchev–Trinajstić information content (AvgIpc) is 2.63. The number of hydrogen-bond acceptors (Lipinski definition) is 4. The summed E-state index contributed by atoms with van der Waals surface area (Å²) >= 11 is 5.89. The molecule has 1 amide bonds. The Morgan fingerprint density at radius 1 is 1.19 bits per heavy atom. The standard InChI is InChI=1S/C17H15ClF3N3O2/c18-13-3-2-12(17(19,20)21)9-14(13)23-16(25)11-1-4-15(22-10-11)24-5-7-26-8-6-24/h1-4,9-10H,5-8H2,(H,23,25). The largest absolute Gasteiger partial charge is 0.416 e. The van der Waals surface area contributed by atoms with Crippen LogP contribution in [0.2, 0.25) is 5.02 Å². The molecule has 0 saturated carbocycles. The van der Waals surface area contributed by atoms with Gasteiger partial charge in [0.15, 0.2) is 0 Å². The van der Waals surface area contributed by atoms with Gasteiger partial charge in [-0.3, -0.25) is 4.79 Å². The fraction of sp³-hybridized carbons (Fsp3) is 0.294. The molecule has 1 N–H and O–H groups in total. The summed E-state index contributed by atoms with van der Waals surface area (Å²) in [6, 6.07) is 6.01. The van der Waals surface area contributed by atoms with Crippen molar-refractivity contribution in [2.45, 2.75) is 6.18 Å². The lowest BCUT2D eigenvalue weighted by molar-refractivity contribution is -0.137. The Bertz CT molecular complexity index is 791. The molecule has 1 aliphatic heterocycles. The zero-order valence-electron chi connectivity index (χ0n) is 13.5. The van der Waals surface area contributed by atoms with Gasteiger partial charge in [-0.1, -0.05) is 11.6 Å². The molecule has 0 bridgehead atoms. The topological polar surface area (TPSA) is 54.5 Å². The molecule has 1 aliphatic rings. The van der Waals surface area contributed by atoms with E-state index in [4.69, 9.17) is 16.3 Å². The van der Waals surface area contributed by atoms with Gasteiger partial charge in [-0.05, 0) is 30.3 Å².